The quantitative estimate of drug-likeness (QED) is 0.476. The molecule has 25 heavy (non-hydrogen) atoms. The maximum Gasteiger partial charge on any atom is 1.00 e. The predicted molar refractivity (Wildman–Crippen MR) is 92.4 cm³/mol. The third-order valence-electron chi connectivity index (χ3n) is 3.91. The minimum absolute atomic E-state index is 0. The number of rotatable bonds is 4. The molecule has 7 heteroatoms. The van der Waals surface area contributed by atoms with Gasteiger partial charge in [0.2, 0.25) is 0 Å². The van der Waals surface area contributed by atoms with Gasteiger partial charge in [-0.1, -0.05) is 30.3 Å². The zero-order chi connectivity index (χ0) is 17.3. The van der Waals surface area contributed by atoms with E-state index in [2.05, 4.69) is 0 Å². The fraction of sp³-hybridized carbons (Fsp3) is 0.111. The predicted octanol–water partition coefficient (Wildman–Crippen LogP) is 2.51. The molecule has 0 saturated heterocycles. The Bertz CT molecular complexity index is 856. The molecule has 1 heterocycles. The van der Waals surface area contributed by atoms with Crippen molar-refractivity contribution in [1.82, 2.24) is 0 Å². The molecule has 124 valence electrons. The van der Waals surface area contributed by atoms with Gasteiger partial charge in [0.25, 0.3) is 0 Å². The average molecular weight is 388 g/mol. The minimum Gasteiger partial charge on any atom is -0.445 e. The Balaban J connectivity index is 0.00000225. The van der Waals surface area contributed by atoms with Gasteiger partial charge in [-0.3, -0.25) is 0 Å². The number of halogens is 4. The molecule has 0 fully saturated rings. The second-order valence-electron chi connectivity index (χ2n) is 5.71. The molecule has 3 aromatic rings. The molecule has 0 saturated carbocycles. The molecule has 3 rings (SSSR count). The molecule has 0 aliphatic heterocycles. The summed E-state index contributed by atoms with van der Waals surface area (Å²) in [6, 6.07) is 13.9. The smallest absolute Gasteiger partial charge is 0.445 e. The van der Waals surface area contributed by atoms with Crippen molar-refractivity contribution in [3.8, 4) is 10.4 Å². The maximum absolute atomic E-state index is 13.0. The molecule has 0 N–H and O–H groups in total. The maximum atomic E-state index is 13.0. The van der Waals surface area contributed by atoms with E-state index in [0.29, 0.717) is 12.0 Å². The van der Waals surface area contributed by atoms with Crippen molar-refractivity contribution >= 4 is 23.8 Å². The van der Waals surface area contributed by atoms with E-state index >= 15 is 0 Å². The average Bonchev–Trinajstić information content (AvgIpc) is 2.97. The molecule has 0 amide bonds. The molecule has 0 spiro atoms. The van der Waals surface area contributed by atoms with Gasteiger partial charge in [-0.2, -0.15) is 0 Å². The zero-order valence-electron chi connectivity index (χ0n) is 13.9. The second-order valence-corrected chi connectivity index (χ2v) is 6.88. The van der Waals surface area contributed by atoms with Crippen molar-refractivity contribution in [1.29, 1.82) is 0 Å². The van der Waals surface area contributed by atoms with E-state index < -0.39 is 12.4 Å². The fourth-order valence-electron chi connectivity index (χ4n) is 2.52. The first-order valence-electron chi connectivity index (χ1n) is 7.47. The van der Waals surface area contributed by atoms with Crippen LogP contribution in [0.25, 0.3) is 10.4 Å². The number of benzene rings is 2. The first-order chi connectivity index (χ1) is 11.3. The summed E-state index contributed by atoms with van der Waals surface area (Å²) in [5.74, 6) is -0.294. The van der Waals surface area contributed by atoms with Crippen LogP contribution < -0.4 is 56.8 Å². The summed E-state index contributed by atoms with van der Waals surface area (Å²) in [7, 11) is 0. The van der Waals surface area contributed by atoms with Crippen molar-refractivity contribution in [2.45, 2.75) is 13.3 Å². The topological polar surface area (TPSA) is 0 Å². The van der Waals surface area contributed by atoms with Crippen LogP contribution in [0.2, 0.25) is 0 Å². The van der Waals surface area contributed by atoms with Crippen LogP contribution in [0.3, 0.4) is 0 Å². The number of hydrogen-bond donors (Lipinski definition) is 0. The van der Waals surface area contributed by atoms with Gasteiger partial charge in [-0.15, -0.1) is 16.8 Å². The van der Waals surface area contributed by atoms with E-state index in [-0.39, 0.29) is 57.2 Å². The van der Waals surface area contributed by atoms with Gasteiger partial charge in [-0.05, 0) is 47.9 Å². The molecular formula is C18H14BF4KS. The number of hydrogen-bond acceptors (Lipinski definition) is 1. The summed E-state index contributed by atoms with van der Waals surface area (Å²) in [5.41, 5.74) is 1.86. The van der Waals surface area contributed by atoms with E-state index in [1.807, 2.05) is 19.1 Å². The van der Waals surface area contributed by atoms with E-state index in [0.717, 1.165) is 26.9 Å². The Hall–Kier alpha value is -0.439. The Kier molecular flexibility index (Phi) is 7.10. The first kappa shape index (κ1) is 20.9. The van der Waals surface area contributed by atoms with E-state index in [9.17, 15) is 17.3 Å². The van der Waals surface area contributed by atoms with Crippen LogP contribution in [-0.4, -0.2) is 6.98 Å². The summed E-state index contributed by atoms with van der Waals surface area (Å²) in [6.07, 6.45) is 0.456. The molecule has 0 nitrogen and oxygen atoms in total. The van der Waals surface area contributed by atoms with Crippen molar-refractivity contribution < 1.29 is 68.7 Å². The van der Waals surface area contributed by atoms with Crippen molar-refractivity contribution in [2.75, 3.05) is 0 Å². The molecule has 0 aliphatic carbocycles. The van der Waals surface area contributed by atoms with E-state index in [4.69, 9.17) is 0 Å². The second kappa shape index (κ2) is 8.50. The summed E-state index contributed by atoms with van der Waals surface area (Å²) in [6.45, 7) is -3.17. The Morgan fingerprint density at radius 2 is 1.60 bits per heavy atom. The molecule has 0 unspecified atom stereocenters. The Morgan fingerprint density at radius 3 is 2.24 bits per heavy atom. The Morgan fingerprint density at radius 1 is 0.920 bits per heavy atom. The van der Waals surface area contributed by atoms with Crippen LogP contribution in [0.15, 0.2) is 54.6 Å². The molecule has 0 aliphatic rings. The van der Waals surface area contributed by atoms with Crippen LogP contribution in [0.5, 0.6) is 0 Å². The normalized spacial score (nSPS) is 11.2. The van der Waals surface area contributed by atoms with Gasteiger partial charge < -0.3 is 12.9 Å². The summed E-state index contributed by atoms with van der Waals surface area (Å²) >= 11 is 1.51. The van der Waals surface area contributed by atoms with Crippen LogP contribution in [-0.2, 0) is 6.42 Å². The molecule has 0 atom stereocenters. The van der Waals surface area contributed by atoms with Gasteiger partial charge in [0.15, 0.2) is 0 Å². The third kappa shape index (κ3) is 5.28. The summed E-state index contributed by atoms with van der Waals surface area (Å²) in [4.78, 5) is 1.95. The van der Waals surface area contributed by atoms with Gasteiger partial charge in [0.05, 0.1) is 0 Å². The largest absolute Gasteiger partial charge is 1.00 e. The summed E-state index contributed by atoms with van der Waals surface area (Å²) < 4.78 is 51.8. The molecule has 2 aromatic carbocycles. The van der Waals surface area contributed by atoms with Crippen LogP contribution >= 0.6 is 11.3 Å². The Labute approximate surface area is 190 Å². The number of thiophene rings is 1. The minimum atomic E-state index is -4.99. The van der Waals surface area contributed by atoms with Crippen LogP contribution in [0.4, 0.5) is 17.3 Å². The molecular weight excluding hydrogens is 374 g/mol. The fourth-order valence-corrected chi connectivity index (χ4v) is 3.55. The monoisotopic (exact) mass is 388 g/mol. The molecule has 0 radical (unpaired) electrons. The van der Waals surface area contributed by atoms with Crippen molar-refractivity contribution in [2.24, 2.45) is 0 Å². The van der Waals surface area contributed by atoms with Crippen LogP contribution in [0, 0.1) is 12.7 Å². The summed E-state index contributed by atoms with van der Waals surface area (Å²) in [5, 5.41) is 0. The van der Waals surface area contributed by atoms with Gasteiger partial charge in [-0.25, -0.2) is 4.39 Å². The van der Waals surface area contributed by atoms with E-state index in [1.54, 1.807) is 12.1 Å². The first-order valence-corrected chi connectivity index (χ1v) is 8.28. The SMILES string of the molecule is Cc1ccc([B-](F)(F)F)cc1Cc1ccc(-c2ccc(F)cc2)s1.[K+]. The molecule has 0 bridgehead atoms. The third-order valence-corrected chi connectivity index (χ3v) is 5.04. The van der Waals surface area contributed by atoms with Gasteiger partial charge >= 0.3 is 58.4 Å². The van der Waals surface area contributed by atoms with Gasteiger partial charge in [0, 0.05) is 16.2 Å². The van der Waals surface area contributed by atoms with Crippen molar-refractivity contribution in [3.63, 3.8) is 0 Å². The zero-order valence-corrected chi connectivity index (χ0v) is 17.8. The van der Waals surface area contributed by atoms with Gasteiger partial charge in [0.1, 0.15) is 5.82 Å². The molecule has 1 aromatic heterocycles. The standard InChI is InChI=1S/C18H14BF4S.K/c1-12-2-5-15(19(21,22)23)10-14(12)11-17-8-9-18(24-17)13-3-6-16(20)7-4-13;/h2-10H,11H2,1H3;/q-1;+1. The van der Waals surface area contributed by atoms with Crippen LogP contribution in [0.1, 0.15) is 16.0 Å². The van der Waals surface area contributed by atoms with Crippen molar-refractivity contribution in [3.05, 3.63) is 76.4 Å². The number of aryl methyl sites for hydroxylation is 1. The van der Waals surface area contributed by atoms with E-state index in [1.165, 1.54) is 35.6 Å².